The molecular weight excluding hydrogens is 256 g/mol. The van der Waals surface area contributed by atoms with E-state index in [1.807, 2.05) is 54.6 Å². The van der Waals surface area contributed by atoms with Crippen LogP contribution < -0.4 is 0 Å². The average Bonchev–Trinajstić information content (AvgIpc) is 2.73. The van der Waals surface area contributed by atoms with Gasteiger partial charge in [0.15, 0.2) is 0 Å². The van der Waals surface area contributed by atoms with Crippen LogP contribution in [-0.2, 0) is 5.11 Å². The van der Waals surface area contributed by atoms with Crippen LogP contribution in [0.1, 0.15) is 0 Å². The zero-order valence-electron chi connectivity index (χ0n) is 9.91. The summed E-state index contributed by atoms with van der Waals surface area (Å²) in [4.78, 5) is 3.91. The van der Waals surface area contributed by atoms with Crippen molar-refractivity contribution in [3.05, 3.63) is 54.6 Å². The SMILES string of the molecule is [O]c1c(N=C=S)c2ccccc2n1-c1ccccc1. The maximum atomic E-state index is 12.5. The molecule has 0 aliphatic rings. The molecule has 0 saturated carbocycles. The summed E-state index contributed by atoms with van der Waals surface area (Å²) in [7, 11) is 0. The number of thiocarbonyl (C=S) groups is 1. The lowest BCUT2D eigenvalue weighted by atomic mass is 10.2. The number of para-hydroxylation sites is 2. The first kappa shape index (κ1) is 11.7. The van der Waals surface area contributed by atoms with Gasteiger partial charge < -0.3 is 0 Å². The quantitative estimate of drug-likeness (QED) is 0.496. The first-order valence-corrected chi connectivity index (χ1v) is 6.17. The molecule has 2 aromatic carbocycles. The molecule has 19 heavy (non-hydrogen) atoms. The summed E-state index contributed by atoms with van der Waals surface area (Å²) < 4.78 is 1.64. The number of aromatic nitrogens is 1. The highest BCUT2D eigenvalue weighted by atomic mass is 32.1. The molecule has 0 aliphatic carbocycles. The van der Waals surface area contributed by atoms with Crippen molar-refractivity contribution in [1.82, 2.24) is 4.57 Å². The van der Waals surface area contributed by atoms with Crippen LogP contribution in [0, 0.1) is 0 Å². The van der Waals surface area contributed by atoms with E-state index in [-0.39, 0.29) is 5.88 Å². The Morgan fingerprint density at radius 3 is 2.42 bits per heavy atom. The highest BCUT2D eigenvalue weighted by Crippen LogP contribution is 2.40. The summed E-state index contributed by atoms with van der Waals surface area (Å²) in [5.41, 5.74) is 1.98. The summed E-state index contributed by atoms with van der Waals surface area (Å²) in [6.45, 7) is 0. The standard InChI is InChI=1S/C15H9N2OS/c18-15-14(16-10-19)12-8-4-5-9-13(12)17(15)11-6-2-1-3-7-11/h1-9H. The van der Waals surface area contributed by atoms with E-state index in [1.54, 1.807) is 4.57 Å². The first-order chi connectivity index (χ1) is 9.33. The van der Waals surface area contributed by atoms with Gasteiger partial charge in [-0.25, -0.2) is 0 Å². The van der Waals surface area contributed by atoms with Gasteiger partial charge in [-0.2, -0.15) is 4.99 Å². The minimum Gasteiger partial charge on any atom is -0.275 e. The van der Waals surface area contributed by atoms with Crippen molar-refractivity contribution >= 4 is 34.0 Å². The van der Waals surface area contributed by atoms with E-state index >= 15 is 0 Å². The molecular formula is C15H9N2OS. The van der Waals surface area contributed by atoms with E-state index in [0.29, 0.717) is 5.69 Å². The molecule has 1 aromatic heterocycles. The Balaban J connectivity index is 2.43. The second-order valence-corrected chi connectivity index (χ2v) is 4.23. The third-order valence-electron chi connectivity index (χ3n) is 2.98. The van der Waals surface area contributed by atoms with Gasteiger partial charge in [-0.1, -0.05) is 36.4 Å². The van der Waals surface area contributed by atoms with Crippen LogP contribution in [0.5, 0.6) is 5.88 Å². The van der Waals surface area contributed by atoms with Gasteiger partial charge in [0.25, 0.3) is 5.88 Å². The molecule has 1 heterocycles. The lowest BCUT2D eigenvalue weighted by Gasteiger charge is -2.04. The fourth-order valence-electron chi connectivity index (χ4n) is 2.19. The van der Waals surface area contributed by atoms with Crippen molar-refractivity contribution < 1.29 is 5.11 Å². The Hall–Kier alpha value is -2.42. The maximum absolute atomic E-state index is 12.5. The number of hydrogen-bond acceptors (Lipinski definition) is 2. The first-order valence-electron chi connectivity index (χ1n) is 5.76. The molecule has 0 spiro atoms. The van der Waals surface area contributed by atoms with E-state index in [4.69, 9.17) is 0 Å². The molecule has 1 radical (unpaired) electrons. The van der Waals surface area contributed by atoms with Gasteiger partial charge in [-0.15, -0.1) is 0 Å². The lowest BCUT2D eigenvalue weighted by molar-refractivity contribution is 0.333. The van der Waals surface area contributed by atoms with Crippen LogP contribution in [0.15, 0.2) is 59.6 Å². The third-order valence-corrected chi connectivity index (χ3v) is 3.07. The molecule has 0 bridgehead atoms. The zero-order valence-corrected chi connectivity index (χ0v) is 10.7. The van der Waals surface area contributed by atoms with Gasteiger partial charge in [0.2, 0.25) is 0 Å². The Morgan fingerprint density at radius 1 is 1.00 bits per heavy atom. The molecule has 0 unspecified atom stereocenters. The molecule has 0 amide bonds. The van der Waals surface area contributed by atoms with E-state index in [0.717, 1.165) is 16.6 Å². The summed E-state index contributed by atoms with van der Waals surface area (Å²) >= 11 is 4.62. The Morgan fingerprint density at radius 2 is 1.68 bits per heavy atom. The van der Waals surface area contributed by atoms with Crippen molar-refractivity contribution in [1.29, 1.82) is 0 Å². The third kappa shape index (κ3) is 1.83. The molecule has 3 aromatic rings. The summed E-state index contributed by atoms with van der Waals surface area (Å²) in [6.07, 6.45) is 0. The molecule has 3 nitrogen and oxygen atoms in total. The topological polar surface area (TPSA) is 37.2 Å². The monoisotopic (exact) mass is 265 g/mol. The van der Waals surface area contributed by atoms with Crippen LogP contribution in [0.3, 0.4) is 0 Å². The second-order valence-electron chi connectivity index (χ2n) is 4.04. The van der Waals surface area contributed by atoms with Crippen molar-refractivity contribution in [2.45, 2.75) is 0 Å². The zero-order chi connectivity index (χ0) is 13.2. The molecule has 3 rings (SSSR count). The highest BCUT2D eigenvalue weighted by Gasteiger charge is 2.18. The van der Waals surface area contributed by atoms with Crippen molar-refractivity contribution in [3.8, 4) is 11.6 Å². The highest BCUT2D eigenvalue weighted by molar-refractivity contribution is 7.78. The number of fused-ring (bicyclic) bond motifs is 1. The van der Waals surface area contributed by atoms with E-state index in [2.05, 4.69) is 22.4 Å². The van der Waals surface area contributed by atoms with Crippen molar-refractivity contribution in [2.75, 3.05) is 0 Å². The Labute approximate surface area is 115 Å². The molecule has 0 N–H and O–H groups in total. The lowest BCUT2D eigenvalue weighted by Crippen LogP contribution is -1.91. The van der Waals surface area contributed by atoms with Gasteiger partial charge in [0.05, 0.1) is 10.7 Å². The van der Waals surface area contributed by atoms with Gasteiger partial charge in [0, 0.05) is 11.1 Å². The van der Waals surface area contributed by atoms with Gasteiger partial charge in [-0.05, 0) is 30.4 Å². The van der Waals surface area contributed by atoms with E-state index in [1.165, 1.54) is 0 Å². The van der Waals surface area contributed by atoms with Gasteiger partial charge in [-0.3, -0.25) is 9.67 Å². The van der Waals surface area contributed by atoms with Crippen molar-refractivity contribution in [2.24, 2.45) is 4.99 Å². The summed E-state index contributed by atoms with van der Waals surface area (Å²) in [5.74, 6) is -0.176. The van der Waals surface area contributed by atoms with E-state index in [9.17, 15) is 5.11 Å². The van der Waals surface area contributed by atoms with E-state index < -0.39 is 0 Å². The van der Waals surface area contributed by atoms with Crippen LogP contribution in [-0.4, -0.2) is 9.73 Å². The number of rotatable bonds is 2. The van der Waals surface area contributed by atoms with Gasteiger partial charge >= 0.3 is 0 Å². The fraction of sp³-hybridized carbons (Fsp3) is 0. The number of isothiocyanates is 1. The predicted molar refractivity (Wildman–Crippen MR) is 78.1 cm³/mol. The Bertz CT molecular complexity index is 787. The maximum Gasteiger partial charge on any atom is 0.282 e. The van der Waals surface area contributed by atoms with Crippen LogP contribution >= 0.6 is 12.2 Å². The minimum atomic E-state index is -0.176. The number of nitrogens with zero attached hydrogens (tertiary/aromatic N) is 2. The molecule has 0 fully saturated rings. The molecule has 0 saturated heterocycles. The van der Waals surface area contributed by atoms with Gasteiger partial charge in [0.1, 0.15) is 5.69 Å². The normalized spacial score (nSPS) is 10.3. The molecule has 91 valence electrons. The van der Waals surface area contributed by atoms with Crippen LogP contribution in [0.2, 0.25) is 0 Å². The predicted octanol–water partition coefficient (Wildman–Crippen LogP) is 4.51. The largest absolute Gasteiger partial charge is 0.282 e. The molecule has 4 heteroatoms. The minimum absolute atomic E-state index is 0.176. The van der Waals surface area contributed by atoms with Crippen LogP contribution in [0.25, 0.3) is 16.6 Å². The number of aliphatic imine (C=N–C) groups is 1. The second kappa shape index (κ2) is 4.69. The van der Waals surface area contributed by atoms with Crippen LogP contribution in [0.4, 0.5) is 5.69 Å². The Kier molecular flexibility index (Phi) is 2.88. The number of benzene rings is 2. The summed E-state index contributed by atoms with van der Waals surface area (Å²) in [6, 6.07) is 17.0. The van der Waals surface area contributed by atoms with Crippen molar-refractivity contribution in [3.63, 3.8) is 0 Å². The molecule has 0 aliphatic heterocycles. The summed E-state index contributed by atoms with van der Waals surface area (Å²) in [5, 5.41) is 15.5. The number of hydrogen-bond donors (Lipinski definition) is 0. The smallest absolute Gasteiger partial charge is 0.275 e. The fourth-order valence-corrected chi connectivity index (χ4v) is 2.28. The molecule has 0 atom stereocenters. The average molecular weight is 265 g/mol.